The van der Waals surface area contributed by atoms with Gasteiger partial charge in [-0.2, -0.15) is 0 Å². The summed E-state index contributed by atoms with van der Waals surface area (Å²) in [5.41, 5.74) is 14.6. The Hall–Kier alpha value is -6.96. The molecule has 0 amide bonds. The van der Waals surface area contributed by atoms with Gasteiger partial charge in [0.15, 0.2) is 0 Å². The molecular formula is C55H36O. The number of furan rings is 1. The zero-order chi connectivity index (χ0) is 37.1. The Labute approximate surface area is 325 Å². The van der Waals surface area contributed by atoms with Gasteiger partial charge in [0.2, 0.25) is 0 Å². The summed E-state index contributed by atoms with van der Waals surface area (Å²) >= 11 is 0. The molecule has 0 aliphatic heterocycles. The quantitative estimate of drug-likeness (QED) is 0.166. The molecule has 0 atom stereocenters. The molecule has 0 saturated heterocycles. The van der Waals surface area contributed by atoms with Crippen LogP contribution in [0.5, 0.6) is 0 Å². The van der Waals surface area contributed by atoms with Gasteiger partial charge in [-0.15, -0.1) is 0 Å². The second kappa shape index (κ2) is 11.5. The van der Waals surface area contributed by atoms with Crippen molar-refractivity contribution in [2.24, 2.45) is 0 Å². The van der Waals surface area contributed by atoms with Crippen LogP contribution < -0.4 is 0 Å². The van der Waals surface area contributed by atoms with Crippen molar-refractivity contribution in [3.63, 3.8) is 0 Å². The largest absolute Gasteiger partial charge is 0.456 e. The van der Waals surface area contributed by atoms with E-state index in [1.54, 1.807) is 0 Å². The highest BCUT2D eigenvalue weighted by Gasteiger charge is 2.36. The Balaban J connectivity index is 1.05. The van der Waals surface area contributed by atoms with E-state index in [2.05, 4.69) is 190 Å². The van der Waals surface area contributed by atoms with E-state index >= 15 is 0 Å². The van der Waals surface area contributed by atoms with Gasteiger partial charge in [0.1, 0.15) is 11.2 Å². The number of para-hydroxylation sites is 1. The maximum atomic E-state index is 6.31. The minimum absolute atomic E-state index is 0.115. The number of fused-ring (bicyclic) bond motifs is 11. The van der Waals surface area contributed by atoms with Gasteiger partial charge in [-0.25, -0.2) is 0 Å². The molecule has 1 heteroatoms. The summed E-state index contributed by atoms with van der Waals surface area (Å²) in [6.07, 6.45) is 0. The van der Waals surface area contributed by atoms with Crippen molar-refractivity contribution in [3.8, 4) is 44.5 Å². The van der Waals surface area contributed by atoms with Gasteiger partial charge in [0.05, 0.1) is 0 Å². The summed E-state index contributed by atoms with van der Waals surface area (Å²) in [5.74, 6) is 0. The van der Waals surface area contributed by atoms with Crippen LogP contribution in [0.3, 0.4) is 0 Å². The highest BCUT2D eigenvalue weighted by Crippen LogP contribution is 2.52. The fourth-order valence-corrected chi connectivity index (χ4v) is 10.00. The van der Waals surface area contributed by atoms with Gasteiger partial charge in [-0.05, 0) is 135 Å². The molecule has 1 aliphatic rings. The van der Waals surface area contributed by atoms with E-state index in [0.29, 0.717) is 0 Å². The molecule has 12 rings (SSSR count). The van der Waals surface area contributed by atoms with Gasteiger partial charge in [0.25, 0.3) is 0 Å². The van der Waals surface area contributed by atoms with Crippen LogP contribution in [0.15, 0.2) is 186 Å². The van der Waals surface area contributed by atoms with E-state index in [1.165, 1.54) is 109 Å². The molecule has 1 nitrogen and oxygen atoms in total. The van der Waals surface area contributed by atoms with E-state index in [0.717, 1.165) is 11.2 Å². The minimum Gasteiger partial charge on any atom is -0.456 e. The molecule has 0 fully saturated rings. The lowest BCUT2D eigenvalue weighted by atomic mass is 9.81. The van der Waals surface area contributed by atoms with Crippen LogP contribution in [0.25, 0.3) is 110 Å². The Morgan fingerprint density at radius 3 is 1.73 bits per heavy atom. The zero-order valence-corrected chi connectivity index (χ0v) is 31.2. The van der Waals surface area contributed by atoms with E-state index < -0.39 is 0 Å². The molecule has 1 aromatic heterocycles. The topological polar surface area (TPSA) is 13.1 Å². The number of hydrogen-bond donors (Lipinski definition) is 0. The molecule has 0 unspecified atom stereocenters. The van der Waals surface area contributed by atoms with Crippen molar-refractivity contribution in [3.05, 3.63) is 193 Å². The van der Waals surface area contributed by atoms with Crippen molar-refractivity contribution in [2.75, 3.05) is 0 Å². The van der Waals surface area contributed by atoms with Crippen molar-refractivity contribution in [1.82, 2.24) is 0 Å². The minimum atomic E-state index is -0.115. The first-order chi connectivity index (χ1) is 27.5. The summed E-state index contributed by atoms with van der Waals surface area (Å²) in [6, 6.07) is 67.3. The summed E-state index contributed by atoms with van der Waals surface area (Å²) in [7, 11) is 0. The van der Waals surface area contributed by atoms with Crippen LogP contribution in [0.4, 0.5) is 0 Å². The van der Waals surface area contributed by atoms with E-state index in [4.69, 9.17) is 4.42 Å². The molecule has 0 bridgehead atoms. The Kier molecular flexibility index (Phi) is 6.46. The van der Waals surface area contributed by atoms with Crippen LogP contribution in [0, 0.1) is 0 Å². The maximum Gasteiger partial charge on any atom is 0.136 e. The van der Waals surface area contributed by atoms with Gasteiger partial charge < -0.3 is 4.42 Å². The maximum absolute atomic E-state index is 6.31. The highest BCUT2D eigenvalue weighted by molar-refractivity contribution is 6.24. The molecule has 0 radical (unpaired) electrons. The van der Waals surface area contributed by atoms with Crippen LogP contribution >= 0.6 is 0 Å². The summed E-state index contributed by atoms with van der Waals surface area (Å²) in [5, 5.41) is 12.5. The number of rotatable bonds is 3. The molecule has 0 saturated carbocycles. The lowest BCUT2D eigenvalue weighted by Gasteiger charge is -2.22. The Morgan fingerprint density at radius 2 is 0.946 bits per heavy atom. The van der Waals surface area contributed by atoms with Crippen molar-refractivity contribution in [1.29, 1.82) is 0 Å². The first-order valence-corrected chi connectivity index (χ1v) is 19.6. The van der Waals surface area contributed by atoms with Gasteiger partial charge in [0, 0.05) is 16.2 Å². The predicted octanol–water partition coefficient (Wildman–Crippen LogP) is 15.5. The Bertz CT molecular complexity index is 3390. The van der Waals surface area contributed by atoms with Gasteiger partial charge in [-0.1, -0.05) is 159 Å². The molecular weight excluding hydrogens is 677 g/mol. The van der Waals surface area contributed by atoms with E-state index in [1.807, 2.05) is 6.07 Å². The smallest absolute Gasteiger partial charge is 0.136 e. The average Bonchev–Trinajstić information content (AvgIpc) is 3.73. The molecule has 262 valence electrons. The predicted molar refractivity (Wildman–Crippen MR) is 238 cm³/mol. The molecule has 0 N–H and O–H groups in total. The molecule has 56 heavy (non-hydrogen) atoms. The third-order valence-electron chi connectivity index (χ3n) is 12.6. The van der Waals surface area contributed by atoms with Crippen molar-refractivity contribution >= 4 is 65.0 Å². The zero-order valence-electron chi connectivity index (χ0n) is 31.2. The standard InChI is InChI=1S/C55H36O/c1-55(2)48-27-25-35(30-46(48)47-32-45-36(31-49(47)55)26-28-51-54(45)44-22-9-10-24-50(44)56-51)34-15-11-16-37(29-34)52-40-18-5-7-20-42(40)53(43-21-8-6-19-41(43)52)39-23-12-14-33-13-3-4-17-38(33)39/h3-32H,1-2H3. The average molecular weight is 713 g/mol. The third kappa shape index (κ3) is 4.37. The summed E-state index contributed by atoms with van der Waals surface area (Å²) < 4.78 is 6.31. The highest BCUT2D eigenvalue weighted by atomic mass is 16.3. The number of benzene rings is 10. The molecule has 1 aliphatic carbocycles. The SMILES string of the molecule is CC1(C)c2ccc(-c3cccc(-c4c5ccccc5c(-c5cccc6ccccc56)c5ccccc45)c3)cc2-c2cc3c(ccc4oc5ccccc5c43)cc21. The normalized spacial score (nSPS) is 13.3. The molecule has 10 aromatic carbocycles. The number of hydrogen-bond acceptors (Lipinski definition) is 1. The van der Waals surface area contributed by atoms with Gasteiger partial charge >= 0.3 is 0 Å². The lowest BCUT2D eigenvalue weighted by molar-refractivity contribution is 0.661. The van der Waals surface area contributed by atoms with Gasteiger partial charge in [-0.3, -0.25) is 0 Å². The van der Waals surface area contributed by atoms with Crippen molar-refractivity contribution in [2.45, 2.75) is 19.3 Å². The lowest BCUT2D eigenvalue weighted by Crippen LogP contribution is -2.14. The van der Waals surface area contributed by atoms with Crippen LogP contribution in [0.2, 0.25) is 0 Å². The van der Waals surface area contributed by atoms with E-state index in [9.17, 15) is 0 Å². The monoisotopic (exact) mass is 712 g/mol. The third-order valence-corrected chi connectivity index (χ3v) is 12.6. The summed E-state index contributed by atoms with van der Waals surface area (Å²) in [6.45, 7) is 4.74. The fraction of sp³-hybridized carbons (Fsp3) is 0.0545. The molecule has 11 aromatic rings. The van der Waals surface area contributed by atoms with Crippen molar-refractivity contribution < 1.29 is 4.42 Å². The second-order valence-electron chi connectivity index (χ2n) is 16.0. The Morgan fingerprint density at radius 1 is 0.339 bits per heavy atom. The molecule has 1 heterocycles. The van der Waals surface area contributed by atoms with Crippen LogP contribution in [0.1, 0.15) is 25.0 Å². The van der Waals surface area contributed by atoms with Crippen LogP contribution in [-0.2, 0) is 5.41 Å². The van der Waals surface area contributed by atoms with Crippen LogP contribution in [-0.4, -0.2) is 0 Å². The first kappa shape index (κ1) is 31.4. The fourth-order valence-electron chi connectivity index (χ4n) is 10.00. The van der Waals surface area contributed by atoms with E-state index in [-0.39, 0.29) is 5.41 Å². The summed E-state index contributed by atoms with van der Waals surface area (Å²) in [4.78, 5) is 0. The molecule has 0 spiro atoms. The second-order valence-corrected chi connectivity index (χ2v) is 16.0. The first-order valence-electron chi connectivity index (χ1n) is 19.6.